The Balaban J connectivity index is 1.72. The molecule has 1 amide bonds. The van der Waals surface area contributed by atoms with E-state index in [0.29, 0.717) is 18.1 Å². The molecule has 5 nitrogen and oxygen atoms in total. The van der Waals surface area contributed by atoms with Crippen molar-refractivity contribution in [3.05, 3.63) is 95.0 Å². The first kappa shape index (κ1) is 18.0. The minimum absolute atomic E-state index is 0.113. The predicted octanol–water partition coefficient (Wildman–Crippen LogP) is 3.28. The van der Waals surface area contributed by atoms with Crippen molar-refractivity contribution in [2.24, 2.45) is 0 Å². The summed E-state index contributed by atoms with van der Waals surface area (Å²) in [7, 11) is 0. The lowest BCUT2D eigenvalue weighted by Gasteiger charge is -2.19. The average Bonchev–Trinajstić information content (AvgIpc) is 2.68. The van der Waals surface area contributed by atoms with Gasteiger partial charge in [0.05, 0.1) is 0 Å². The van der Waals surface area contributed by atoms with Crippen molar-refractivity contribution in [3.8, 4) is 0 Å². The van der Waals surface area contributed by atoms with Gasteiger partial charge < -0.3 is 5.32 Å². The second kappa shape index (κ2) is 9.08. The first-order valence-electron chi connectivity index (χ1n) is 8.27. The highest BCUT2D eigenvalue weighted by atomic mass is 35.5. The van der Waals surface area contributed by atoms with Crippen LogP contribution in [0.1, 0.15) is 22.7 Å². The van der Waals surface area contributed by atoms with Gasteiger partial charge in [0, 0.05) is 42.9 Å². The van der Waals surface area contributed by atoms with Gasteiger partial charge in [0.1, 0.15) is 6.04 Å². The summed E-state index contributed by atoms with van der Waals surface area (Å²) in [4.78, 5) is 20.8. The molecule has 0 fully saturated rings. The van der Waals surface area contributed by atoms with Crippen LogP contribution in [-0.2, 0) is 17.9 Å². The molecule has 0 saturated heterocycles. The van der Waals surface area contributed by atoms with Gasteiger partial charge in [0.2, 0.25) is 5.91 Å². The van der Waals surface area contributed by atoms with Crippen molar-refractivity contribution in [2.75, 3.05) is 0 Å². The van der Waals surface area contributed by atoms with E-state index in [4.69, 9.17) is 11.6 Å². The SMILES string of the molecule is O=C(NCc1ccncc1)C(NCc1ccncc1)c1cccc(Cl)c1. The van der Waals surface area contributed by atoms with Crippen LogP contribution in [0, 0.1) is 0 Å². The molecule has 6 heteroatoms. The number of carbonyl (C=O) groups is 1. The molecule has 1 atom stereocenters. The number of benzene rings is 1. The van der Waals surface area contributed by atoms with Gasteiger partial charge in [0.15, 0.2) is 0 Å². The van der Waals surface area contributed by atoms with Crippen molar-refractivity contribution in [2.45, 2.75) is 19.1 Å². The summed E-state index contributed by atoms with van der Waals surface area (Å²) in [5, 5.41) is 6.87. The van der Waals surface area contributed by atoms with Crippen LogP contribution in [0.5, 0.6) is 0 Å². The van der Waals surface area contributed by atoms with Crippen LogP contribution in [0.15, 0.2) is 73.3 Å². The summed E-state index contributed by atoms with van der Waals surface area (Å²) in [6.45, 7) is 0.984. The number of nitrogens with zero attached hydrogens (tertiary/aromatic N) is 2. The lowest BCUT2D eigenvalue weighted by molar-refractivity contribution is -0.123. The second-order valence-electron chi connectivity index (χ2n) is 5.80. The average molecular weight is 367 g/mol. The van der Waals surface area contributed by atoms with Gasteiger partial charge in [-0.25, -0.2) is 0 Å². The maximum absolute atomic E-state index is 12.8. The van der Waals surface area contributed by atoms with Crippen LogP contribution in [-0.4, -0.2) is 15.9 Å². The predicted molar refractivity (Wildman–Crippen MR) is 101 cm³/mol. The standard InChI is InChI=1S/C20H19ClN4O/c21-18-3-1-2-17(12-18)19(24-13-15-4-8-22-9-5-15)20(26)25-14-16-6-10-23-11-7-16/h1-12,19,24H,13-14H2,(H,25,26). The van der Waals surface area contributed by atoms with Crippen LogP contribution >= 0.6 is 11.6 Å². The maximum atomic E-state index is 12.8. The minimum Gasteiger partial charge on any atom is -0.350 e. The first-order valence-corrected chi connectivity index (χ1v) is 8.64. The minimum atomic E-state index is -0.510. The van der Waals surface area contributed by atoms with Gasteiger partial charge in [-0.15, -0.1) is 0 Å². The van der Waals surface area contributed by atoms with Crippen LogP contribution < -0.4 is 10.6 Å². The molecule has 0 saturated carbocycles. The van der Waals surface area contributed by atoms with Gasteiger partial charge in [0.25, 0.3) is 0 Å². The highest BCUT2D eigenvalue weighted by Crippen LogP contribution is 2.19. The lowest BCUT2D eigenvalue weighted by Crippen LogP contribution is -2.37. The molecule has 1 aromatic carbocycles. The zero-order valence-electron chi connectivity index (χ0n) is 14.1. The molecular formula is C20H19ClN4O. The third-order valence-electron chi connectivity index (χ3n) is 3.92. The first-order chi connectivity index (χ1) is 12.7. The fraction of sp³-hybridized carbons (Fsp3) is 0.150. The summed E-state index contributed by atoms with van der Waals surface area (Å²) >= 11 is 6.11. The van der Waals surface area contributed by atoms with Gasteiger partial charge in [-0.3, -0.25) is 20.1 Å². The molecule has 0 aliphatic carbocycles. The number of carbonyl (C=O) groups excluding carboxylic acids is 1. The molecule has 1 unspecified atom stereocenters. The number of amides is 1. The van der Waals surface area contributed by atoms with E-state index < -0.39 is 6.04 Å². The van der Waals surface area contributed by atoms with E-state index in [-0.39, 0.29) is 5.91 Å². The Morgan fingerprint density at radius 1 is 0.923 bits per heavy atom. The number of rotatable bonds is 7. The van der Waals surface area contributed by atoms with Gasteiger partial charge in [-0.1, -0.05) is 23.7 Å². The van der Waals surface area contributed by atoms with Crippen molar-refractivity contribution in [1.29, 1.82) is 0 Å². The van der Waals surface area contributed by atoms with Gasteiger partial charge in [-0.05, 0) is 53.1 Å². The molecule has 2 N–H and O–H groups in total. The lowest BCUT2D eigenvalue weighted by atomic mass is 10.1. The molecule has 26 heavy (non-hydrogen) atoms. The number of aromatic nitrogens is 2. The molecule has 0 spiro atoms. The van der Waals surface area contributed by atoms with Crippen LogP contribution in [0.4, 0.5) is 0 Å². The molecule has 2 aromatic heterocycles. The topological polar surface area (TPSA) is 66.9 Å². The Bertz CT molecular complexity index is 843. The van der Waals surface area contributed by atoms with E-state index in [0.717, 1.165) is 16.7 Å². The Labute approximate surface area is 157 Å². The molecular weight excluding hydrogens is 348 g/mol. The van der Waals surface area contributed by atoms with E-state index in [1.807, 2.05) is 36.4 Å². The van der Waals surface area contributed by atoms with E-state index >= 15 is 0 Å². The molecule has 0 bridgehead atoms. The second-order valence-corrected chi connectivity index (χ2v) is 6.23. The number of halogens is 1. The van der Waals surface area contributed by atoms with E-state index in [1.54, 1.807) is 36.9 Å². The number of pyridine rings is 2. The summed E-state index contributed by atoms with van der Waals surface area (Å²) in [6.07, 6.45) is 6.87. The summed E-state index contributed by atoms with van der Waals surface area (Å²) in [5.41, 5.74) is 2.86. The van der Waals surface area contributed by atoms with Crippen molar-refractivity contribution in [1.82, 2.24) is 20.6 Å². The van der Waals surface area contributed by atoms with Crippen LogP contribution in [0.3, 0.4) is 0 Å². The van der Waals surface area contributed by atoms with Crippen molar-refractivity contribution >= 4 is 17.5 Å². The molecule has 3 aromatic rings. The van der Waals surface area contributed by atoms with E-state index in [1.165, 1.54) is 0 Å². The Morgan fingerprint density at radius 2 is 1.54 bits per heavy atom. The quantitative estimate of drug-likeness (QED) is 0.673. The van der Waals surface area contributed by atoms with E-state index in [9.17, 15) is 4.79 Å². The zero-order chi connectivity index (χ0) is 18.2. The largest absolute Gasteiger partial charge is 0.350 e. The van der Waals surface area contributed by atoms with Gasteiger partial charge in [-0.2, -0.15) is 0 Å². The Hall–Kier alpha value is -2.76. The third-order valence-corrected chi connectivity index (χ3v) is 4.16. The number of nitrogens with one attached hydrogen (secondary N) is 2. The zero-order valence-corrected chi connectivity index (χ0v) is 14.9. The monoisotopic (exact) mass is 366 g/mol. The normalized spacial score (nSPS) is 11.7. The molecule has 132 valence electrons. The van der Waals surface area contributed by atoms with Crippen molar-refractivity contribution in [3.63, 3.8) is 0 Å². The summed E-state index contributed by atoms with van der Waals surface area (Å²) in [5.74, 6) is -0.113. The molecule has 2 heterocycles. The smallest absolute Gasteiger partial charge is 0.242 e. The Kier molecular flexibility index (Phi) is 6.30. The highest BCUT2D eigenvalue weighted by molar-refractivity contribution is 6.30. The fourth-order valence-corrected chi connectivity index (χ4v) is 2.76. The summed E-state index contributed by atoms with van der Waals surface area (Å²) in [6, 6.07) is 14.4. The van der Waals surface area contributed by atoms with Crippen molar-refractivity contribution < 1.29 is 4.79 Å². The molecule has 0 aliphatic rings. The van der Waals surface area contributed by atoms with E-state index in [2.05, 4.69) is 20.6 Å². The summed E-state index contributed by atoms with van der Waals surface area (Å²) < 4.78 is 0. The van der Waals surface area contributed by atoms with Gasteiger partial charge >= 0.3 is 0 Å². The number of hydrogen-bond donors (Lipinski definition) is 2. The third kappa shape index (κ3) is 5.12. The maximum Gasteiger partial charge on any atom is 0.242 e. The van der Waals surface area contributed by atoms with Crippen LogP contribution in [0.25, 0.3) is 0 Å². The van der Waals surface area contributed by atoms with Crippen LogP contribution in [0.2, 0.25) is 5.02 Å². The highest BCUT2D eigenvalue weighted by Gasteiger charge is 2.20. The molecule has 0 radical (unpaired) electrons. The molecule has 3 rings (SSSR count). The Morgan fingerprint density at radius 3 is 2.15 bits per heavy atom. The number of hydrogen-bond acceptors (Lipinski definition) is 4. The fourth-order valence-electron chi connectivity index (χ4n) is 2.56. The molecule has 0 aliphatic heterocycles.